The molecule has 124 valence electrons. The monoisotopic (exact) mass is 314 g/mol. The molecule has 2 rings (SSSR count). The summed E-state index contributed by atoms with van der Waals surface area (Å²) in [6, 6.07) is 8.41. The second-order valence-corrected chi connectivity index (χ2v) is 5.70. The number of aliphatic imine (C=N–C) groups is 1. The standard InChI is InChI=1S/C18H26N4O/c1-6-19-18(20-11-17-21-14(3)15(4)23-17)22(5)12-16-10-8-7-9-13(16)2/h7-10H,6,11-12H2,1-5H3,(H,19,20). The fourth-order valence-electron chi connectivity index (χ4n) is 2.34. The first kappa shape index (κ1) is 17.1. The summed E-state index contributed by atoms with van der Waals surface area (Å²) in [4.78, 5) is 11.1. The van der Waals surface area contributed by atoms with Crippen molar-refractivity contribution in [3.05, 3.63) is 52.7 Å². The van der Waals surface area contributed by atoms with Crippen LogP contribution in [0.5, 0.6) is 0 Å². The van der Waals surface area contributed by atoms with Crippen molar-refractivity contribution in [2.75, 3.05) is 13.6 Å². The summed E-state index contributed by atoms with van der Waals surface area (Å²) in [6.45, 7) is 10.1. The first-order chi connectivity index (χ1) is 11.0. The highest BCUT2D eigenvalue weighted by molar-refractivity contribution is 5.79. The van der Waals surface area contributed by atoms with Gasteiger partial charge in [0.15, 0.2) is 5.96 Å². The normalized spacial score (nSPS) is 11.6. The van der Waals surface area contributed by atoms with Crippen molar-refractivity contribution in [3.8, 4) is 0 Å². The molecule has 0 bridgehead atoms. The number of hydrogen-bond donors (Lipinski definition) is 1. The van der Waals surface area contributed by atoms with Crippen LogP contribution in [0.3, 0.4) is 0 Å². The molecule has 0 aliphatic rings. The quantitative estimate of drug-likeness (QED) is 0.680. The van der Waals surface area contributed by atoms with Gasteiger partial charge < -0.3 is 14.6 Å². The Morgan fingerprint density at radius 2 is 2.00 bits per heavy atom. The zero-order valence-electron chi connectivity index (χ0n) is 14.7. The Kier molecular flexibility index (Phi) is 5.79. The molecule has 1 N–H and O–H groups in total. The van der Waals surface area contributed by atoms with Gasteiger partial charge in [0.05, 0.1) is 5.69 Å². The number of nitrogens with one attached hydrogen (secondary N) is 1. The molecule has 0 aliphatic carbocycles. The summed E-state index contributed by atoms with van der Waals surface area (Å²) in [5, 5.41) is 3.32. The Morgan fingerprint density at radius 3 is 2.61 bits per heavy atom. The van der Waals surface area contributed by atoms with Gasteiger partial charge in [-0.05, 0) is 38.8 Å². The molecule has 1 aromatic carbocycles. The van der Waals surface area contributed by atoms with Crippen LogP contribution in [0.1, 0.15) is 35.4 Å². The molecule has 0 spiro atoms. The van der Waals surface area contributed by atoms with E-state index in [4.69, 9.17) is 4.42 Å². The summed E-state index contributed by atoms with van der Waals surface area (Å²) < 4.78 is 5.60. The van der Waals surface area contributed by atoms with Crippen molar-refractivity contribution < 1.29 is 4.42 Å². The highest BCUT2D eigenvalue weighted by Crippen LogP contribution is 2.11. The predicted octanol–water partition coefficient (Wildman–Crippen LogP) is 3.20. The van der Waals surface area contributed by atoms with Gasteiger partial charge in [-0.15, -0.1) is 0 Å². The van der Waals surface area contributed by atoms with Crippen molar-refractivity contribution in [1.82, 2.24) is 15.2 Å². The van der Waals surface area contributed by atoms with Crippen LogP contribution in [0, 0.1) is 20.8 Å². The van der Waals surface area contributed by atoms with Crippen LogP contribution >= 0.6 is 0 Å². The third-order valence-corrected chi connectivity index (χ3v) is 3.80. The van der Waals surface area contributed by atoms with Crippen LogP contribution in [0.15, 0.2) is 33.7 Å². The van der Waals surface area contributed by atoms with E-state index in [1.165, 1.54) is 11.1 Å². The smallest absolute Gasteiger partial charge is 0.216 e. The van der Waals surface area contributed by atoms with Crippen molar-refractivity contribution >= 4 is 5.96 Å². The minimum Gasteiger partial charge on any atom is -0.444 e. The molecule has 5 heteroatoms. The van der Waals surface area contributed by atoms with Gasteiger partial charge in [-0.1, -0.05) is 24.3 Å². The van der Waals surface area contributed by atoms with E-state index in [2.05, 4.69) is 58.3 Å². The second-order valence-electron chi connectivity index (χ2n) is 5.70. The molecule has 23 heavy (non-hydrogen) atoms. The minimum absolute atomic E-state index is 0.440. The van der Waals surface area contributed by atoms with Crippen molar-refractivity contribution in [1.29, 1.82) is 0 Å². The van der Waals surface area contributed by atoms with Crippen LogP contribution in [0.2, 0.25) is 0 Å². The van der Waals surface area contributed by atoms with Crippen LogP contribution < -0.4 is 5.32 Å². The van der Waals surface area contributed by atoms with Crippen LogP contribution in [-0.2, 0) is 13.1 Å². The van der Waals surface area contributed by atoms with Gasteiger partial charge in [0.25, 0.3) is 0 Å². The minimum atomic E-state index is 0.440. The number of oxazole rings is 1. The molecular weight excluding hydrogens is 288 g/mol. The Hall–Kier alpha value is -2.30. The Morgan fingerprint density at radius 1 is 1.26 bits per heavy atom. The average Bonchev–Trinajstić information content (AvgIpc) is 2.84. The topological polar surface area (TPSA) is 53.7 Å². The van der Waals surface area contributed by atoms with Crippen LogP contribution in [-0.4, -0.2) is 29.4 Å². The van der Waals surface area contributed by atoms with E-state index in [1.807, 2.05) is 20.9 Å². The molecule has 5 nitrogen and oxygen atoms in total. The summed E-state index contributed by atoms with van der Waals surface area (Å²) in [5.41, 5.74) is 3.51. The number of rotatable bonds is 5. The largest absolute Gasteiger partial charge is 0.444 e. The lowest BCUT2D eigenvalue weighted by atomic mass is 10.1. The molecule has 0 radical (unpaired) electrons. The van der Waals surface area contributed by atoms with Gasteiger partial charge in [-0.2, -0.15) is 0 Å². The molecule has 0 unspecified atom stereocenters. The van der Waals surface area contributed by atoms with Crippen molar-refractivity contribution in [2.45, 2.75) is 40.8 Å². The fourth-order valence-corrected chi connectivity index (χ4v) is 2.34. The maximum atomic E-state index is 5.60. The molecule has 0 fully saturated rings. The molecule has 0 atom stereocenters. The number of guanidine groups is 1. The molecule has 2 aromatic rings. The highest BCUT2D eigenvalue weighted by Gasteiger charge is 2.10. The maximum absolute atomic E-state index is 5.60. The lowest BCUT2D eigenvalue weighted by Crippen LogP contribution is -2.38. The first-order valence-corrected chi connectivity index (χ1v) is 7.98. The van der Waals surface area contributed by atoms with E-state index in [9.17, 15) is 0 Å². The average molecular weight is 314 g/mol. The lowest BCUT2D eigenvalue weighted by molar-refractivity contribution is 0.457. The van der Waals surface area contributed by atoms with E-state index in [0.717, 1.165) is 30.5 Å². The van der Waals surface area contributed by atoms with E-state index >= 15 is 0 Å². The number of hydrogen-bond acceptors (Lipinski definition) is 3. The van der Waals surface area contributed by atoms with E-state index in [1.54, 1.807) is 0 Å². The molecule has 0 saturated carbocycles. The number of aromatic nitrogens is 1. The second kappa shape index (κ2) is 7.81. The molecular formula is C18H26N4O. The zero-order valence-corrected chi connectivity index (χ0v) is 14.7. The number of nitrogens with zero attached hydrogens (tertiary/aromatic N) is 3. The molecule has 1 heterocycles. The summed E-state index contributed by atoms with van der Waals surface area (Å²) in [7, 11) is 2.04. The zero-order chi connectivity index (χ0) is 16.8. The van der Waals surface area contributed by atoms with Gasteiger partial charge in [0, 0.05) is 20.1 Å². The van der Waals surface area contributed by atoms with Crippen molar-refractivity contribution in [2.24, 2.45) is 4.99 Å². The van der Waals surface area contributed by atoms with E-state index < -0.39 is 0 Å². The third-order valence-electron chi connectivity index (χ3n) is 3.80. The van der Waals surface area contributed by atoms with Crippen LogP contribution in [0.25, 0.3) is 0 Å². The molecule has 0 aliphatic heterocycles. The fraction of sp³-hybridized carbons (Fsp3) is 0.444. The highest BCUT2D eigenvalue weighted by atomic mass is 16.4. The van der Waals surface area contributed by atoms with Gasteiger partial charge >= 0.3 is 0 Å². The first-order valence-electron chi connectivity index (χ1n) is 7.98. The van der Waals surface area contributed by atoms with Gasteiger partial charge in [0.1, 0.15) is 12.3 Å². The third kappa shape index (κ3) is 4.58. The lowest BCUT2D eigenvalue weighted by Gasteiger charge is -2.22. The Balaban J connectivity index is 2.10. The predicted molar refractivity (Wildman–Crippen MR) is 93.4 cm³/mol. The maximum Gasteiger partial charge on any atom is 0.216 e. The summed E-state index contributed by atoms with van der Waals surface area (Å²) in [6.07, 6.45) is 0. The SMILES string of the molecule is CCNC(=NCc1nc(C)c(C)o1)N(C)Cc1ccccc1C. The van der Waals surface area contributed by atoms with Gasteiger partial charge in [-0.25, -0.2) is 9.98 Å². The summed E-state index contributed by atoms with van der Waals surface area (Å²) in [5.74, 6) is 2.36. The van der Waals surface area contributed by atoms with E-state index in [-0.39, 0.29) is 0 Å². The Bertz CT molecular complexity index is 656. The van der Waals surface area contributed by atoms with Gasteiger partial charge in [0.2, 0.25) is 5.89 Å². The number of aryl methyl sites for hydroxylation is 3. The van der Waals surface area contributed by atoms with Crippen molar-refractivity contribution in [3.63, 3.8) is 0 Å². The number of benzene rings is 1. The molecule has 0 saturated heterocycles. The molecule has 1 aromatic heterocycles. The molecule has 0 amide bonds. The summed E-state index contributed by atoms with van der Waals surface area (Å²) >= 11 is 0. The van der Waals surface area contributed by atoms with Gasteiger partial charge in [-0.3, -0.25) is 0 Å². The van der Waals surface area contributed by atoms with E-state index in [0.29, 0.717) is 12.4 Å². The Labute approximate surface area is 138 Å². The van der Waals surface area contributed by atoms with Crippen LogP contribution in [0.4, 0.5) is 0 Å².